The lowest BCUT2D eigenvalue weighted by Crippen LogP contribution is -1.95. The molecule has 0 atom stereocenters. The van der Waals surface area contributed by atoms with Gasteiger partial charge < -0.3 is 5.32 Å². The minimum atomic E-state index is 0.855. The summed E-state index contributed by atoms with van der Waals surface area (Å²) in [6.45, 7) is 0. The molecule has 2 aromatic heterocycles. The van der Waals surface area contributed by atoms with E-state index in [-0.39, 0.29) is 0 Å². The standard InChI is InChI=1S/C12H11N5/c1-13-12-5-10-4-11(17-8-14-7-16-17)3-2-9(10)6-15-12/h2-8H,1H3,(H,13,15). The van der Waals surface area contributed by atoms with Crippen LogP contribution in [0.4, 0.5) is 5.82 Å². The zero-order valence-corrected chi connectivity index (χ0v) is 9.33. The maximum atomic E-state index is 4.27. The van der Waals surface area contributed by atoms with Gasteiger partial charge in [-0.2, -0.15) is 5.10 Å². The van der Waals surface area contributed by atoms with Crippen molar-refractivity contribution in [2.75, 3.05) is 12.4 Å². The number of hydrogen-bond donors (Lipinski definition) is 1. The van der Waals surface area contributed by atoms with Crippen LogP contribution in [0.1, 0.15) is 0 Å². The largest absolute Gasteiger partial charge is 0.373 e. The molecule has 1 N–H and O–H groups in total. The molecule has 1 aromatic carbocycles. The normalized spacial score (nSPS) is 10.6. The van der Waals surface area contributed by atoms with Crippen LogP contribution in [0.5, 0.6) is 0 Å². The Morgan fingerprint density at radius 1 is 1.18 bits per heavy atom. The molecule has 0 bridgehead atoms. The number of benzene rings is 1. The maximum absolute atomic E-state index is 4.27. The molecule has 17 heavy (non-hydrogen) atoms. The minimum Gasteiger partial charge on any atom is -0.373 e. The van der Waals surface area contributed by atoms with Crippen molar-refractivity contribution in [3.63, 3.8) is 0 Å². The van der Waals surface area contributed by atoms with E-state index in [1.54, 1.807) is 11.0 Å². The first-order chi connectivity index (χ1) is 8.36. The quantitative estimate of drug-likeness (QED) is 0.723. The van der Waals surface area contributed by atoms with Gasteiger partial charge in [0, 0.05) is 18.6 Å². The van der Waals surface area contributed by atoms with Crippen molar-refractivity contribution in [2.24, 2.45) is 0 Å². The second-order valence-electron chi connectivity index (χ2n) is 3.69. The lowest BCUT2D eigenvalue weighted by atomic mass is 10.1. The Kier molecular flexibility index (Phi) is 2.22. The fourth-order valence-electron chi connectivity index (χ4n) is 1.75. The van der Waals surface area contributed by atoms with Crippen molar-refractivity contribution >= 4 is 16.6 Å². The van der Waals surface area contributed by atoms with Gasteiger partial charge in [-0.05, 0) is 23.6 Å². The molecule has 84 valence electrons. The summed E-state index contributed by atoms with van der Waals surface area (Å²) >= 11 is 0. The van der Waals surface area contributed by atoms with Crippen molar-refractivity contribution in [2.45, 2.75) is 0 Å². The van der Waals surface area contributed by atoms with Gasteiger partial charge in [0.25, 0.3) is 0 Å². The number of hydrogen-bond acceptors (Lipinski definition) is 4. The van der Waals surface area contributed by atoms with Crippen molar-refractivity contribution in [3.05, 3.63) is 43.1 Å². The zero-order chi connectivity index (χ0) is 11.7. The summed E-state index contributed by atoms with van der Waals surface area (Å²) in [5.41, 5.74) is 0.989. The third-order valence-electron chi connectivity index (χ3n) is 2.64. The molecular formula is C12H11N5. The van der Waals surface area contributed by atoms with E-state index in [1.165, 1.54) is 6.33 Å². The predicted molar refractivity (Wildman–Crippen MR) is 66.2 cm³/mol. The van der Waals surface area contributed by atoms with E-state index in [1.807, 2.05) is 31.4 Å². The average Bonchev–Trinajstić information content (AvgIpc) is 2.91. The van der Waals surface area contributed by atoms with Gasteiger partial charge in [-0.25, -0.2) is 14.6 Å². The van der Waals surface area contributed by atoms with Crippen LogP contribution in [0.15, 0.2) is 43.1 Å². The third-order valence-corrected chi connectivity index (χ3v) is 2.64. The summed E-state index contributed by atoms with van der Waals surface area (Å²) < 4.78 is 1.74. The number of nitrogens with zero attached hydrogens (tertiary/aromatic N) is 4. The highest BCUT2D eigenvalue weighted by molar-refractivity contribution is 5.85. The summed E-state index contributed by atoms with van der Waals surface area (Å²) in [6, 6.07) is 8.10. The minimum absolute atomic E-state index is 0.855. The number of anilines is 1. The van der Waals surface area contributed by atoms with Crippen LogP contribution in [-0.2, 0) is 0 Å². The Bertz CT molecular complexity index is 645. The summed E-state index contributed by atoms with van der Waals surface area (Å²) in [5.74, 6) is 0.855. The smallest absolute Gasteiger partial charge is 0.138 e. The molecular weight excluding hydrogens is 214 g/mol. The van der Waals surface area contributed by atoms with Crippen LogP contribution < -0.4 is 5.32 Å². The van der Waals surface area contributed by atoms with E-state index in [4.69, 9.17) is 0 Å². The number of aromatic nitrogens is 4. The van der Waals surface area contributed by atoms with Crippen LogP contribution in [-0.4, -0.2) is 26.8 Å². The maximum Gasteiger partial charge on any atom is 0.138 e. The van der Waals surface area contributed by atoms with Crippen molar-refractivity contribution in [1.29, 1.82) is 0 Å². The topological polar surface area (TPSA) is 55.6 Å². The molecule has 5 nitrogen and oxygen atoms in total. The number of fused-ring (bicyclic) bond motifs is 1. The van der Waals surface area contributed by atoms with Crippen LogP contribution in [0, 0.1) is 0 Å². The van der Waals surface area contributed by atoms with Gasteiger partial charge >= 0.3 is 0 Å². The lowest BCUT2D eigenvalue weighted by Gasteiger charge is -2.04. The van der Waals surface area contributed by atoms with E-state index < -0.39 is 0 Å². The Balaban J connectivity index is 2.17. The fourth-order valence-corrected chi connectivity index (χ4v) is 1.75. The van der Waals surface area contributed by atoms with E-state index in [9.17, 15) is 0 Å². The first-order valence-corrected chi connectivity index (χ1v) is 5.29. The van der Waals surface area contributed by atoms with Crippen molar-refractivity contribution in [1.82, 2.24) is 19.7 Å². The Labute approximate surface area is 98.1 Å². The Morgan fingerprint density at radius 2 is 2.12 bits per heavy atom. The molecule has 0 aliphatic rings. The molecule has 5 heteroatoms. The lowest BCUT2D eigenvalue weighted by molar-refractivity contribution is 0.880. The Morgan fingerprint density at radius 3 is 2.88 bits per heavy atom. The fraction of sp³-hybridized carbons (Fsp3) is 0.0833. The molecule has 0 aliphatic carbocycles. The highest BCUT2D eigenvalue weighted by Crippen LogP contribution is 2.19. The van der Waals surface area contributed by atoms with Gasteiger partial charge in [0.2, 0.25) is 0 Å². The third kappa shape index (κ3) is 1.71. The van der Waals surface area contributed by atoms with Gasteiger partial charge in [-0.15, -0.1) is 0 Å². The van der Waals surface area contributed by atoms with Gasteiger partial charge in [0.1, 0.15) is 18.5 Å². The van der Waals surface area contributed by atoms with E-state index in [0.717, 1.165) is 22.3 Å². The summed E-state index contributed by atoms with van der Waals surface area (Å²) in [4.78, 5) is 8.21. The first-order valence-electron chi connectivity index (χ1n) is 5.29. The predicted octanol–water partition coefficient (Wildman–Crippen LogP) is 1.86. The molecule has 0 amide bonds. The number of pyridine rings is 1. The molecule has 3 aromatic rings. The van der Waals surface area contributed by atoms with E-state index >= 15 is 0 Å². The van der Waals surface area contributed by atoms with Crippen LogP contribution in [0.3, 0.4) is 0 Å². The second kappa shape index (κ2) is 3.86. The second-order valence-corrected chi connectivity index (χ2v) is 3.69. The van der Waals surface area contributed by atoms with Crippen LogP contribution in [0.2, 0.25) is 0 Å². The molecule has 0 fully saturated rings. The van der Waals surface area contributed by atoms with Crippen LogP contribution in [0.25, 0.3) is 16.5 Å². The molecule has 3 rings (SSSR count). The van der Waals surface area contributed by atoms with E-state index in [0.29, 0.717) is 0 Å². The molecule has 0 unspecified atom stereocenters. The average molecular weight is 225 g/mol. The van der Waals surface area contributed by atoms with E-state index in [2.05, 4.69) is 26.4 Å². The van der Waals surface area contributed by atoms with Crippen molar-refractivity contribution in [3.8, 4) is 5.69 Å². The highest BCUT2D eigenvalue weighted by Gasteiger charge is 2.00. The zero-order valence-electron chi connectivity index (χ0n) is 9.33. The Hall–Kier alpha value is -2.43. The molecule has 0 spiro atoms. The summed E-state index contributed by atoms with van der Waals surface area (Å²) in [7, 11) is 1.86. The van der Waals surface area contributed by atoms with Gasteiger partial charge in [-0.1, -0.05) is 6.07 Å². The molecule has 0 radical (unpaired) electrons. The number of rotatable bonds is 2. The monoisotopic (exact) mass is 225 g/mol. The number of nitrogens with one attached hydrogen (secondary N) is 1. The molecule has 2 heterocycles. The summed E-state index contributed by atoms with van der Waals surface area (Å²) in [5, 5.41) is 9.36. The highest BCUT2D eigenvalue weighted by atomic mass is 15.3. The SMILES string of the molecule is CNc1cc2cc(-n3cncn3)ccc2cn1. The van der Waals surface area contributed by atoms with Gasteiger partial charge in [0.05, 0.1) is 5.69 Å². The van der Waals surface area contributed by atoms with Gasteiger partial charge in [0.15, 0.2) is 0 Å². The molecule has 0 saturated carbocycles. The summed E-state index contributed by atoms with van der Waals surface area (Å²) in [6.07, 6.45) is 5.06. The first kappa shape index (κ1) is 9.77. The van der Waals surface area contributed by atoms with Crippen molar-refractivity contribution < 1.29 is 0 Å². The molecule has 0 saturated heterocycles. The molecule has 0 aliphatic heterocycles. The van der Waals surface area contributed by atoms with Gasteiger partial charge in [-0.3, -0.25) is 0 Å². The van der Waals surface area contributed by atoms with Crippen LogP contribution >= 0.6 is 0 Å².